The molecule has 0 radical (unpaired) electrons. The van der Waals surface area contributed by atoms with E-state index in [1.807, 2.05) is 0 Å². The second kappa shape index (κ2) is 6.59. The van der Waals surface area contributed by atoms with Gasteiger partial charge in [0.25, 0.3) is 0 Å². The zero-order valence-corrected chi connectivity index (χ0v) is 12.5. The normalized spacial score (nSPS) is 20.9. The number of hydrogen-bond donors (Lipinski definition) is 1. The van der Waals surface area contributed by atoms with Gasteiger partial charge in [-0.15, -0.1) is 0 Å². The first-order chi connectivity index (χ1) is 9.86. The minimum Gasteiger partial charge on any atom is -0.492 e. The molecule has 0 bridgehead atoms. The van der Waals surface area contributed by atoms with Crippen molar-refractivity contribution in [1.82, 2.24) is 10.2 Å². The molecule has 1 aromatic rings. The molecule has 1 aliphatic carbocycles. The Morgan fingerprint density at radius 3 is 3.00 bits per heavy atom. The molecule has 20 heavy (non-hydrogen) atoms. The standard InChI is InChI=1S/C17H26N2O/c1-2-5-16(12-18-15-8-9-15)19-10-11-20-17-7-4-3-6-14(17)13-19/h3-4,6-7,15-16,18H,2,5,8-13H2,1H3. The maximum atomic E-state index is 5.88. The summed E-state index contributed by atoms with van der Waals surface area (Å²) in [6, 6.07) is 9.90. The molecule has 2 aliphatic rings. The third kappa shape index (κ3) is 3.53. The second-order valence-corrected chi connectivity index (χ2v) is 6.05. The van der Waals surface area contributed by atoms with Crippen molar-refractivity contribution in [2.24, 2.45) is 0 Å². The lowest BCUT2D eigenvalue weighted by atomic mass is 10.1. The summed E-state index contributed by atoms with van der Waals surface area (Å²) >= 11 is 0. The lowest BCUT2D eigenvalue weighted by Crippen LogP contribution is -2.43. The monoisotopic (exact) mass is 274 g/mol. The fourth-order valence-corrected chi connectivity index (χ4v) is 2.99. The van der Waals surface area contributed by atoms with Gasteiger partial charge in [0.05, 0.1) is 0 Å². The van der Waals surface area contributed by atoms with E-state index in [1.54, 1.807) is 0 Å². The number of para-hydroxylation sites is 1. The van der Waals surface area contributed by atoms with Crippen molar-refractivity contribution >= 4 is 0 Å². The summed E-state index contributed by atoms with van der Waals surface area (Å²) in [7, 11) is 0. The minimum atomic E-state index is 0.635. The minimum absolute atomic E-state index is 0.635. The van der Waals surface area contributed by atoms with Gasteiger partial charge in [-0.05, 0) is 25.3 Å². The molecule has 1 atom stereocenters. The molecule has 110 valence electrons. The third-order valence-corrected chi connectivity index (χ3v) is 4.34. The number of nitrogens with zero attached hydrogens (tertiary/aromatic N) is 1. The van der Waals surface area contributed by atoms with Crippen LogP contribution in [0.4, 0.5) is 0 Å². The summed E-state index contributed by atoms with van der Waals surface area (Å²) in [5, 5.41) is 3.70. The van der Waals surface area contributed by atoms with E-state index in [-0.39, 0.29) is 0 Å². The highest BCUT2D eigenvalue weighted by Gasteiger charge is 2.25. The van der Waals surface area contributed by atoms with Gasteiger partial charge in [-0.3, -0.25) is 4.90 Å². The van der Waals surface area contributed by atoms with Crippen LogP contribution in [-0.4, -0.2) is 36.7 Å². The molecule has 3 nitrogen and oxygen atoms in total. The maximum absolute atomic E-state index is 5.88. The smallest absolute Gasteiger partial charge is 0.123 e. The van der Waals surface area contributed by atoms with Crippen LogP contribution in [-0.2, 0) is 6.54 Å². The van der Waals surface area contributed by atoms with Crippen LogP contribution in [0.15, 0.2) is 24.3 Å². The molecule has 0 amide bonds. The number of nitrogens with one attached hydrogen (secondary N) is 1. The molecule has 1 saturated carbocycles. The van der Waals surface area contributed by atoms with Crippen LogP contribution in [0.25, 0.3) is 0 Å². The number of benzene rings is 1. The van der Waals surface area contributed by atoms with Gasteiger partial charge in [0.15, 0.2) is 0 Å². The van der Waals surface area contributed by atoms with E-state index in [1.165, 1.54) is 31.2 Å². The van der Waals surface area contributed by atoms with Gasteiger partial charge in [0.1, 0.15) is 12.4 Å². The number of fused-ring (bicyclic) bond motifs is 1. The van der Waals surface area contributed by atoms with Crippen LogP contribution in [0.5, 0.6) is 5.75 Å². The predicted octanol–water partition coefficient (Wildman–Crippen LogP) is 2.80. The Hall–Kier alpha value is -1.06. The first-order valence-electron chi connectivity index (χ1n) is 8.05. The fraction of sp³-hybridized carbons (Fsp3) is 0.647. The SMILES string of the molecule is CCCC(CNC1CC1)N1CCOc2ccccc2C1. The highest BCUT2D eigenvalue weighted by atomic mass is 16.5. The van der Waals surface area contributed by atoms with E-state index in [0.29, 0.717) is 6.04 Å². The van der Waals surface area contributed by atoms with Crippen LogP contribution in [0.3, 0.4) is 0 Å². The molecule has 1 fully saturated rings. The molecule has 1 aromatic carbocycles. The topological polar surface area (TPSA) is 24.5 Å². The van der Waals surface area contributed by atoms with Crippen molar-refractivity contribution in [3.63, 3.8) is 0 Å². The second-order valence-electron chi connectivity index (χ2n) is 6.05. The Morgan fingerprint density at radius 2 is 2.20 bits per heavy atom. The highest BCUT2D eigenvalue weighted by Crippen LogP contribution is 2.25. The molecule has 1 heterocycles. The summed E-state index contributed by atoms with van der Waals surface area (Å²) in [4.78, 5) is 2.60. The average Bonchev–Trinajstić information content (AvgIpc) is 3.29. The quantitative estimate of drug-likeness (QED) is 0.863. The van der Waals surface area contributed by atoms with Crippen LogP contribution in [0.1, 0.15) is 38.2 Å². The number of hydrogen-bond acceptors (Lipinski definition) is 3. The third-order valence-electron chi connectivity index (χ3n) is 4.34. The predicted molar refractivity (Wildman–Crippen MR) is 82.1 cm³/mol. The summed E-state index contributed by atoms with van der Waals surface area (Å²) in [6.45, 7) is 6.27. The zero-order valence-electron chi connectivity index (χ0n) is 12.5. The lowest BCUT2D eigenvalue weighted by Gasteiger charge is -2.30. The Kier molecular flexibility index (Phi) is 4.58. The molecule has 1 unspecified atom stereocenters. The first kappa shape index (κ1) is 13.9. The van der Waals surface area contributed by atoms with E-state index in [9.17, 15) is 0 Å². The molecule has 0 aromatic heterocycles. The van der Waals surface area contributed by atoms with Gasteiger partial charge in [0, 0.05) is 37.3 Å². The molecule has 0 spiro atoms. The summed E-state index contributed by atoms with van der Waals surface area (Å²) < 4.78 is 5.88. The zero-order chi connectivity index (χ0) is 13.8. The fourth-order valence-electron chi connectivity index (χ4n) is 2.99. The molecular weight excluding hydrogens is 248 g/mol. The van der Waals surface area contributed by atoms with Crippen LogP contribution in [0, 0.1) is 0 Å². The molecule has 3 heteroatoms. The van der Waals surface area contributed by atoms with E-state index >= 15 is 0 Å². The van der Waals surface area contributed by atoms with Crippen molar-refractivity contribution in [2.75, 3.05) is 19.7 Å². The van der Waals surface area contributed by atoms with Gasteiger partial charge < -0.3 is 10.1 Å². The lowest BCUT2D eigenvalue weighted by molar-refractivity contribution is 0.157. The summed E-state index contributed by atoms with van der Waals surface area (Å²) in [5.41, 5.74) is 1.33. The maximum Gasteiger partial charge on any atom is 0.123 e. The Labute approximate surface area is 122 Å². The van der Waals surface area contributed by atoms with E-state index in [2.05, 4.69) is 41.4 Å². The van der Waals surface area contributed by atoms with Crippen molar-refractivity contribution in [3.8, 4) is 5.75 Å². The van der Waals surface area contributed by atoms with E-state index < -0.39 is 0 Å². The van der Waals surface area contributed by atoms with Crippen molar-refractivity contribution in [3.05, 3.63) is 29.8 Å². The molecule has 0 saturated heterocycles. The van der Waals surface area contributed by atoms with Crippen molar-refractivity contribution in [1.29, 1.82) is 0 Å². The van der Waals surface area contributed by atoms with Gasteiger partial charge in [-0.1, -0.05) is 31.5 Å². The van der Waals surface area contributed by atoms with Gasteiger partial charge in [-0.2, -0.15) is 0 Å². The van der Waals surface area contributed by atoms with E-state index in [0.717, 1.165) is 38.0 Å². The van der Waals surface area contributed by atoms with Crippen molar-refractivity contribution < 1.29 is 4.74 Å². The molecule has 1 N–H and O–H groups in total. The van der Waals surface area contributed by atoms with Crippen LogP contribution < -0.4 is 10.1 Å². The van der Waals surface area contributed by atoms with Crippen molar-refractivity contribution in [2.45, 2.75) is 51.2 Å². The van der Waals surface area contributed by atoms with Crippen LogP contribution >= 0.6 is 0 Å². The summed E-state index contributed by atoms with van der Waals surface area (Å²) in [6.07, 6.45) is 5.24. The van der Waals surface area contributed by atoms with Crippen LogP contribution in [0.2, 0.25) is 0 Å². The Balaban J connectivity index is 1.66. The average molecular weight is 274 g/mol. The molecular formula is C17H26N2O. The first-order valence-corrected chi connectivity index (χ1v) is 8.05. The van der Waals surface area contributed by atoms with E-state index in [4.69, 9.17) is 4.74 Å². The number of rotatable bonds is 6. The van der Waals surface area contributed by atoms with Gasteiger partial charge in [-0.25, -0.2) is 0 Å². The molecule has 3 rings (SSSR count). The summed E-state index contributed by atoms with van der Waals surface area (Å²) in [5.74, 6) is 1.07. The highest BCUT2D eigenvalue weighted by molar-refractivity contribution is 5.33. The number of ether oxygens (including phenoxy) is 1. The largest absolute Gasteiger partial charge is 0.492 e. The Morgan fingerprint density at radius 1 is 1.35 bits per heavy atom. The van der Waals surface area contributed by atoms with Gasteiger partial charge >= 0.3 is 0 Å². The molecule has 1 aliphatic heterocycles. The Bertz CT molecular complexity index is 431. The van der Waals surface area contributed by atoms with Gasteiger partial charge in [0.2, 0.25) is 0 Å².